The number of rotatable bonds is 22. The van der Waals surface area contributed by atoms with Crippen molar-refractivity contribution in [3.63, 3.8) is 0 Å². The van der Waals surface area contributed by atoms with Crippen LogP contribution >= 0.6 is 0 Å². The second-order valence-corrected chi connectivity index (χ2v) is 14.7. The quantitative estimate of drug-likeness (QED) is 0.0740. The minimum absolute atomic E-state index is 0.0799. The van der Waals surface area contributed by atoms with Crippen LogP contribution in [-0.2, 0) is 19.3 Å². The minimum atomic E-state index is -3.24. The average Bonchev–Trinajstić information content (AvgIpc) is 3.04. The van der Waals surface area contributed by atoms with Crippen LogP contribution in [0.4, 0.5) is 5.69 Å². The SMILES string of the molecule is CCCCCCCCCCCCCCCCS(=O)(=O)c1ccc(C=Cc2ccc(N(C)C(C)OC3CCCCO3)cc2)cc1. The molecule has 246 valence electrons. The van der Waals surface area contributed by atoms with E-state index in [4.69, 9.17) is 9.47 Å². The molecule has 1 heterocycles. The molecule has 44 heavy (non-hydrogen) atoms. The second kappa shape index (κ2) is 20.8. The van der Waals surface area contributed by atoms with Gasteiger partial charge >= 0.3 is 0 Å². The Morgan fingerprint density at radius 1 is 0.773 bits per heavy atom. The van der Waals surface area contributed by atoms with Crippen LogP contribution in [0.1, 0.15) is 134 Å². The summed E-state index contributed by atoms with van der Waals surface area (Å²) in [5, 5.41) is 0. The van der Waals surface area contributed by atoms with Gasteiger partial charge in [-0.3, -0.25) is 0 Å². The third-order valence-corrected chi connectivity index (χ3v) is 10.6. The minimum Gasteiger partial charge on any atom is -0.353 e. The Balaban J connectivity index is 1.31. The van der Waals surface area contributed by atoms with Gasteiger partial charge in [0, 0.05) is 19.3 Å². The van der Waals surface area contributed by atoms with Gasteiger partial charge in [-0.2, -0.15) is 0 Å². The van der Waals surface area contributed by atoms with Crippen LogP contribution in [0.3, 0.4) is 0 Å². The van der Waals surface area contributed by atoms with E-state index >= 15 is 0 Å². The first-order valence-corrected chi connectivity index (χ1v) is 19.1. The molecule has 1 fully saturated rings. The van der Waals surface area contributed by atoms with E-state index in [1.165, 1.54) is 70.6 Å². The first-order chi connectivity index (χ1) is 21.4. The molecule has 0 aromatic heterocycles. The summed E-state index contributed by atoms with van der Waals surface area (Å²) in [4.78, 5) is 2.54. The zero-order valence-electron chi connectivity index (χ0n) is 27.9. The normalized spacial score (nSPS) is 16.4. The third kappa shape index (κ3) is 13.9. The molecular weight excluding hydrogens is 566 g/mol. The van der Waals surface area contributed by atoms with E-state index < -0.39 is 9.84 Å². The van der Waals surface area contributed by atoms with Gasteiger partial charge in [0.05, 0.1) is 10.6 Å². The molecular formula is C38H59NO4S. The highest BCUT2D eigenvalue weighted by Crippen LogP contribution is 2.22. The molecule has 0 N–H and O–H groups in total. The fraction of sp³-hybridized carbons (Fsp3) is 0.632. The summed E-state index contributed by atoms with van der Waals surface area (Å²) in [7, 11) is -1.20. The van der Waals surface area contributed by atoms with E-state index in [1.807, 2.05) is 25.3 Å². The van der Waals surface area contributed by atoms with Crippen molar-refractivity contribution in [2.24, 2.45) is 0 Å². The maximum atomic E-state index is 12.8. The van der Waals surface area contributed by atoms with Crippen molar-refractivity contribution in [1.82, 2.24) is 0 Å². The molecule has 6 heteroatoms. The highest BCUT2D eigenvalue weighted by molar-refractivity contribution is 7.91. The van der Waals surface area contributed by atoms with Gasteiger partial charge in [0.15, 0.2) is 16.1 Å². The van der Waals surface area contributed by atoms with Crippen molar-refractivity contribution >= 4 is 27.7 Å². The van der Waals surface area contributed by atoms with Crippen molar-refractivity contribution in [3.8, 4) is 0 Å². The van der Waals surface area contributed by atoms with Crippen LogP contribution in [0.25, 0.3) is 12.2 Å². The number of hydrogen-bond donors (Lipinski definition) is 0. The predicted molar refractivity (Wildman–Crippen MR) is 187 cm³/mol. The molecule has 0 saturated carbocycles. The summed E-state index contributed by atoms with van der Waals surface area (Å²) >= 11 is 0. The molecule has 2 aromatic carbocycles. The van der Waals surface area contributed by atoms with E-state index in [1.54, 1.807) is 12.1 Å². The number of anilines is 1. The summed E-state index contributed by atoms with van der Waals surface area (Å²) in [5.74, 6) is 0.234. The van der Waals surface area contributed by atoms with Crippen LogP contribution < -0.4 is 4.90 Å². The molecule has 1 aliphatic heterocycles. The fourth-order valence-electron chi connectivity index (χ4n) is 5.74. The van der Waals surface area contributed by atoms with Gasteiger partial charge in [-0.15, -0.1) is 0 Å². The summed E-state index contributed by atoms with van der Waals surface area (Å²) in [5.41, 5.74) is 3.15. The molecule has 1 saturated heterocycles. The van der Waals surface area contributed by atoms with Crippen LogP contribution in [0.2, 0.25) is 0 Å². The Kier molecular flexibility index (Phi) is 17.2. The van der Waals surface area contributed by atoms with E-state index in [0.717, 1.165) is 61.9 Å². The monoisotopic (exact) mass is 625 g/mol. The maximum absolute atomic E-state index is 12.8. The molecule has 2 aromatic rings. The Morgan fingerprint density at radius 2 is 1.27 bits per heavy atom. The van der Waals surface area contributed by atoms with E-state index in [9.17, 15) is 8.42 Å². The average molecular weight is 626 g/mol. The first-order valence-electron chi connectivity index (χ1n) is 17.5. The number of hydrogen-bond acceptors (Lipinski definition) is 5. The molecule has 0 aliphatic carbocycles. The van der Waals surface area contributed by atoms with Crippen LogP contribution in [0.15, 0.2) is 53.4 Å². The summed E-state index contributed by atoms with van der Waals surface area (Å²) in [6, 6.07) is 15.6. The number of unbranched alkanes of at least 4 members (excludes halogenated alkanes) is 13. The Bertz CT molecular complexity index is 1150. The lowest BCUT2D eigenvalue weighted by Gasteiger charge is -2.32. The Morgan fingerprint density at radius 3 is 1.77 bits per heavy atom. The summed E-state index contributed by atoms with van der Waals surface area (Å²) in [6.45, 7) is 5.10. The predicted octanol–water partition coefficient (Wildman–Crippen LogP) is 10.4. The number of sulfone groups is 1. The third-order valence-electron chi connectivity index (χ3n) is 8.81. The highest BCUT2D eigenvalue weighted by atomic mass is 32.2. The topological polar surface area (TPSA) is 55.8 Å². The van der Waals surface area contributed by atoms with Crippen molar-refractivity contribution in [3.05, 3.63) is 59.7 Å². The van der Waals surface area contributed by atoms with Gasteiger partial charge in [0.25, 0.3) is 0 Å². The summed E-state index contributed by atoms with van der Waals surface area (Å²) < 4.78 is 37.5. The summed E-state index contributed by atoms with van der Waals surface area (Å²) in [6.07, 6.45) is 24.8. The van der Waals surface area contributed by atoms with Crippen molar-refractivity contribution in [2.45, 2.75) is 140 Å². The van der Waals surface area contributed by atoms with Crippen LogP contribution in [0, 0.1) is 0 Å². The molecule has 2 unspecified atom stereocenters. The zero-order chi connectivity index (χ0) is 31.5. The van der Waals surface area contributed by atoms with Crippen molar-refractivity contribution in [2.75, 3.05) is 24.3 Å². The smallest absolute Gasteiger partial charge is 0.178 e. The number of ether oxygens (including phenoxy) is 2. The Labute approximate surface area is 269 Å². The van der Waals surface area contributed by atoms with E-state index in [2.05, 4.69) is 49.1 Å². The highest BCUT2D eigenvalue weighted by Gasteiger charge is 2.20. The van der Waals surface area contributed by atoms with Crippen LogP contribution in [0.5, 0.6) is 0 Å². The molecule has 0 bridgehead atoms. The fourth-order valence-corrected chi connectivity index (χ4v) is 7.11. The molecule has 0 radical (unpaired) electrons. The number of benzene rings is 2. The number of nitrogens with zero attached hydrogens (tertiary/aromatic N) is 1. The van der Waals surface area contributed by atoms with E-state index in [-0.39, 0.29) is 18.3 Å². The van der Waals surface area contributed by atoms with Gasteiger partial charge in [-0.25, -0.2) is 8.42 Å². The van der Waals surface area contributed by atoms with Gasteiger partial charge in [0.2, 0.25) is 0 Å². The molecule has 0 amide bonds. The van der Waals surface area contributed by atoms with Crippen molar-refractivity contribution in [1.29, 1.82) is 0 Å². The largest absolute Gasteiger partial charge is 0.353 e. The molecule has 2 atom stereocenters. The first kappa shape index (κ1) is 36.3. The van der Waals surface area contributed by atoms with Gasteiger partial charge in [-0.05, 0) is 68.0 Å². The van der Waals surface area contributed by atoms with Gasteiger partial charge in [0.1, 0.15) is 6.23 Å². The van der Waals surface area contributed by atoms with Crippen LogP contribution in [-0.4, -0.2) is 40.3 Å². The standard InChI is InChI=1S/C38H59NO4S/c1-4-5-6-7-8-9-10-11-12-13-14-15-16-19-32-44(40,41)37-29-25-35(26-30-37)22-21-34-23-27-36(28-24-34)39(3)33(2)43-38-20-17-18-31-42-38/h21-30,33,38H,4-20,31-32H2,1-3H3. The molecule has 1 aliphatic rings. The van der Waals surface area contributed by atoms with E-state index in [0.29, 0.717) is 4.90 Å². The lowest BCUT2D eigenvalue weighted by atomic mass is 10.0. The Hall–Kier alpha value is -2.15. The van der Waals surface area contributed by atoms with Gasteiger partial charge in [-0.1, -0.05) is 127 Å². The van der Waals surface area contributed by atoms with Crippen molar-refractivity contribution < 1.29 is 17.9 Å². The second-order valence-electron chi connectivity index (χ2n) is 12.6. The molecule has 5 nitrogen and oxygen atoms in total. The molecule has 3 rings (SSSR count). The molecule has 0 spiro atoms. The lowest BCUT2D eigenvalue weighted by Crippen LogP contribution is -2.36. The van der Waals surface area contributed by atoms with Gasteiger partial charge < -0.3 is 14.4 Å². The lowest BCUT2D eigenvalue weighted by molar-refractivity contribution is -0.183. The maximum Gasteiger partial charge on any atom is 0.178 e. The zero-order valence-corrected chi connectivity index (χ0v) is 28.7.